The van der Waals surface area contributed by atoms with E-state index in [0.29, 0.717) is 37.3 Å². The van der Waals surface area contributed by atoms with Crippen LogP contribution in [0.4, 0.5) is 5.69 Å². The van der Waals surface area contributed by atoms with Crippen molar-refractivity contribution in [1.29, 1.82) is 0 Å². The second-order valence-corrected chi connectivity index (χ2v) is 7.28. The summed E-state index contributed by atoms with van der Waals surface area (Å²) >= 11 is 0. The van der Waals surface area contributed by atoms with Crippen molar-refractivity contribution in [2.45, 2.75) is 37.1 Å². The van der Waals surface area contributed by atoms with Gasteiger partial charge in [0.25, 0.3) is 0 Å². The van der Waals surface area contributed by atoms with Crippen LogP contribution in [0.5, 0.6) is 0 Å². The van der Waals surface area contributed by atoms with E-state index in [0.717, 1.165) is 5.56 Å². The molecule has 4 N–H and O–H groups in total. The molecule has 0 aliphatic carbocycles. The number of benzene rings is 1. The molecule has 2 rings (SSSR count). The molecule has 1 aliphatic rings. The van der Waals surface area contributed by atoms with Crippen LogP contribution in [0.3, 0.4) is 0 Å². The molecule has 0 amide bonds. The van der Waals surface area contributed by atoms with Crippen molar-refractivity contribution < 1.29 is 18.3 Å². The summed E-state index contributed by atoms with van der Waals surface area (Å²) in [7, 11) is -3.75. The number of nitrogens with two attached hydrogens (primary N) is 1. The van der Waals surface area contributed by atoms with Crippen LogP contribution in [0.2, 0.25) is 0 Å². The zero-order chi connectivity index (χ0) is 15.7. The summed E-state index contributed by atoms with van der Waals surface area (Å²) in [5.41, 5.74) is 6.74. The fraction of sp³-hybridized carbons (Fsp3) is 0.571. The van der Waals surface area contributed by atoms with Gasteiger partial charge in [0, 0.05) is 18.9 Å². The Kier molecular flexibility index (Phi) is 4.57. The average molecular weight is 314 g/mol. The highest BCUT2D eigenvalue weighted by molar-refractivity contribution is 7.89. The summed E-state index contributed by atoms with van der Waals surface area (Å²) in [4.78, 5) is 0.166. The molecule has 0 radical (unpaired) electrons. The van der Waals surface area contributed by atoms with Crippen LogP contribution in [0.15, 0.2) is 17.0 Å². The van der Waals surface area contributed by atoms with Gasteiger partial charge >= 0.3 is 0 Å². The summed E-state index contributed by atoms with van der Waals surface area (Å²) in [5, 5.41) is 9.62. The van der Waals surface area contributed by atoms with Crippen LogP contribution < -0.4 is 10.5 Å². The van der Waals surface area contributed by atoms with Crippen molar-refractivity contribution in [3.05, 3.63) is 23.3 Å². The van der Waals surface area contributed by atoms with Crippen molar-refractivity contribution in [2.24, 2.45) is 0 Å². The van der Waals surface area contributed by atoms with Gasteiger partial charge in [-0.25, -0.2) is 13.1 Å². The Balaban J connectivity index is 2.38. The van der Waals surface area contributed by atoms with Gasteiger partial charge in [0.2, 0.25) is 10.0 Å². The van der Waals surface area contributed by atoms with Gasteiger partial charge in [-0.3, -0.25) is 0 Å². The molecule has 6 nitrogen and oxygen atoms in total. The first-order chi connectivity index (χ1) is 9.80. The number of ether oxygens (including phenoxy) is 1. The number of aliphatic hydroxyl groups is 1. The molecule has 0 saturated carbocycles. The van der Waals surface area contributed by atoms with Gasteiger partial charge in [0.15, 0.2) is 0 Å². The van der Waals surface area contributed by atoms with E-state index in [2.05, 4.69) is 4.72 Å². The molecule has 7 heteroatoms. The maximum atomic E-state index is 12.7. The first-order valence-electron chi connectivity index (χ1n) is 6.89. The number of nitrogen functional groups attached to an aromatic ring is 1. The first kappa shape index (κ1) is 16.2. The number of sulfonamides is 1. The third kappa shape index (κ3) is 3.37. The van der Waals surface area contributed by atoms with Crippen molar-refractivity contribution in [3.8, 4) is 0 Å². The largest absolute Gasteiger partial charge is 0.398 e. The topological polar surface area (TPSA) is 102 Å². The van der Waals surface area contributed by atoms with Gasteiger partial charge in [0.05, 0.1) is 17.0 Å². The Morgan fingerprint density at radius 2 is 1.95 bits per heavy atom. The standard InChI is InChI=1S/C14H22N2O4S/c1-10-7-12(15)11(2)13(8-10)21(18,19)16-14(9-17)3-5-20-6-4-14/h7-8,16-17H,3-6,9,15H2,1-2H3. The lowest BCUT2D eigenvalue weighted by Crippen LogP contribution is -2.54. The molecule has 118 valence electrons. The molecule has 0 spiro atoms. The summed E-state index contributed by atoms with van der Waals surface area (Å²) in [6, 6.07) is 3.34. The normalized spacial score (nSPS) is 18.6. The summed E-state index contributed by atoms with van der Waals surface area (Å²) in [6.45, 7) is 4.08. The average Bonchev–Trinajstić information content (AvgIpc) is 2.43. The number of hydrogen-bond donors (Lipinski definition) is 3. The lowest BCUT2D eigenvalue weighted by atomic mass is 9.93. The lowest BCUT2D eigenvalue weighted by molar-refractivity contribution is 0.0223. The Bertz CT molecular complexity index is 622. The molecule has 1 aliphatic heterocycles. The van der Waals surface area contributed by atoms with E-state index in [4.69, 9.17) is 10.5 Å². The Hall–Kier alpha value is -1.15. The van der Waals surface area contributed by atoms with Gasteiger partial charge in [-0.2, -0.15) is 0 Å². The van der Waals surface area contributed by atoms with Gasteiger partial charge in [0.1, 0.15) is 0 Å². The molecule has 21 heavy (non-hydrogen) atoms. The van der Waals surface area contributed by atoms with E-state index in [1.54, 1.807) is 26.0 Å². The summed E-state index contributed by atoms with van der Waals surface area (Å²) < 4.78 is 33.2. The molecular weight excluding hydrogens is 292 g/mol. The van der Waals surface area contributed by atoms with Crippen molar-refractivity contribution in [2.75, 3.05) is 25.6 Å². The highest BCUT2D eigenvalue weighted by atomic mass is 32.2. The smallest absolute Gasteiger partial charge is 0.241 e. The Labute approximate surface area is 125 Å². The molecule has 1 heterocycles. The van der Waals surface area contributed by atoms with E-state index < -0.39 is 15.6 Å². The highest BCUT2D eigenvalue weighted by Crippen LogP contribution is 2.27. The second-order valence-electron chi connectivity index (χ2n) is 5.63. The van der Waals surface area contributed by atoms with Crippen LogP contribution in [0.1, 0.15) is 24.0 Å². The maximum absolute atomic E-state index is 12.7. The van der Waals surface area contributed by atoms with Gasteiger partial charge in [-0.15, -0.1) is 0 Å². The molecule has 0 bridgehead atoms. The number of aliphatic hydroxyl groups excluding tert-OH is 1. The van der Waals surface area contributed by atoms with E-state index in [1.165, 1.54) is 0 Å². The number of anilines is 1. The maximum Gasteiger partial charge on any atom is 0.241 e. The molecule has 0 aromatic heterocycles. The zero-order valence-electron chi connectivity index (χ0n) is 12.3. The predicted octanol–water partition coefficient (Wildman–Crippen LogP) is 0.705. The number of hydrogen-bond acceptors (Lipinski definition) is 5. The second kappa shape index (κ2) is 5.92. The van der Waals surface area contributed by atoms with Crippen LogP contribution in [-0.4, -0.2) is 38.9 Å². The molecule has 1 fully saturated rings. The monoisotopic (exact) mass is 314 g/mol. The summed E-state index contributed by atoms with van der Waals surface area (Å²) in [5.74, 6) is 0. The SMILES string of the molecule is Cc1cc(N)c(C)c(S(=O)(=O)NC2(CO)CCOCC2)c1. The molecule has 1 aromatic carbocycles. The number of nitrogens with one attached hydrogen (secondary N) is 1. The molecule has 0 atom stereocenters. The van der Waals surface area contributed by atoms with Crippen LogP contribution in [-0.2, 0) is 14.8 Å². The fourth-order valence-electron chi connectivity index (χ4n) is 2.53. The van der Waals surface area contributed by atoms with Crippen LogP contribution >= 0.6 is 0 Å². The van der Waals surface area contributed by atoms with Gasteiger partial charge < -0.3 is 15.6 Å². The molecule has 0 unspecified atom stereocenters. The van der Waals surface area contributed by atoms with Crippen molar-refractivity contribution in [1.82, 2.24) is 4.72 Å². The van der Waals surface area contributed by atoms with Crippen molar-refractivity contribution >= 4 is 15.7 Å². The zero-order valence-corrected chi connectivity index (χ0v) is 13.2. The van der Waals surface area contributed by atoms with Crippen LogP contribution in [0, 0.1) is 13.8 Å². The van der Waals surface area contributed by atoms with E-state index in [9.17, 15) is 13.5 Å². The Morgan fingerprint density at radius 3 is 2.52 bits per heavy atom. The van der Waals surface area contributed by atoms with Crippen molar-refractivity contribution in [3.63, 3.8) is 0 Å². The minimum absolute atomic E-state index is 0.166. The van der Waals surface area contributed by atoms with Gasteiger partial charge in [-0.1, -0.05) is 0 Å². The fourth-order valence-corrected chi connectivity index (χ4v) is 4.34. The first-order valence-corrected chi connectivity index (χ1v) is 8.37. The molecule has 1 saturated heterocycles. The van der Waals surface area contributed by atoms with E-state index in [1.807, 2.05) is 0 Å². The highest BCUT2D eigenvalue weighted by Gasteiger charge is 2.37. The third-order valence-corrected chi connectivity index (χ3v) is 5.64. The number of rotatable bonds is 4. The Morgan fingerprint density at radius 1 is 1.33 bits per heavy atom. The van der Waals surface area contributed by atoms with E-state index in [-0.39, 0.29) is 11.5 Å². The molecular formula is C14H22N2O4S. The minimum atomic E-state index is -3.75. The third-order valence-electron chi connectivity index (χ3n) is 3.94. The predicted molar refractivity (Wildman–Crippen MR) is 80.5 cm³/mol. The number of aryl methyl sites for hydroxylation is 1. The summed E-state index contributed by atoms with van der Waals surface area (Å²) in [6.07, 6.45) is 0.895. The van der Waals surface area contributed by atoms with Crippen LogP contribution in [0.25, 0.3) is 0 Å². The lowest BCUT2D eigenvalue weighted by Gasteiger charge is -2.36. The van der Waals surface area contributed by atoms with E-state index >= 15 is 0 Å². The van der Waals surface area contributed by atoms with Gasteiger partial charge in [-0.05, 0) is 49.9 Å². The quantitative estimate of drug-likeness (QED) is 0.710. The molecule has 1 aromatic rings. The minimum Gasteiger partial charge on any atom is -0.398 e.